The van der Waals surface area contributed by atoms with Crippen LogP contribution < -0.4 is 16.4 Å². The molecule has 1 aromatic heterocycles. The average Bonchev–Trinajstić information content (AvgIpc) is 2.67. The van der Waals surface area contributed by atoms with E-state index in [1.165, 1.54) is 0 Å². The van der Waals surface area contributed by atoms with Gasteiger partial charge in [-0.25, -0.2) is 0 Å². The molecule has 0 saturated carbocycles. The first-order valence-electron chi connectivity index (χ1n) is 6.57. The molecule has 0 atom stereocenters. The first kappa shape index (κ1) is 17.5. The molecule has 0 saturated heterocycles. The Morgan fingerprint density at radius 2 is 2.05 bits per heavy atom. The molecule has 0 aliphatic carbocycles. The van der Waals surface area contributed by atoms with E-state index < -0.39 is 12.6 Å². The molecule has 0 radical (unpaired) electrons. The fourth-order valence-corrected chi connectivity index (χ4v) is 2.37. The number of carbonyl (C=O) groups is 1. The highest BCUT2D eigenvalue weighted by Gasteiger charge is 2.26. The molecule has 0 bridgehead atoms. The lowest BCUT2D eigenvalue weighted by atomic mass is 10.2. The highest BCUT2D eigenvalue weighted by Crippen LogP contribution is 2.27. The number of halogens is 3. The van der Waals surface area contributed by atoms with E-state index in [9.17, 15) is 18.0 Å². The lowest BCUT2D eigenvalue weighted by Crippen LogP contribution is -2.30. The van der Waals surface area contributed by atoms with Gasteiger partial charge in [-0.2, -0.15) is 17.5 Å². The number of alkyl halides is 3. The van der Waals surface area contributed by atoms with Gasteiger partial charge in [-0.1, -0.05) is 0 Å². The Morgan fingerprint density at radius 1 is 1.38 bits per heavy atom. The zero-order chi connectivity index (χ0) is 16.0. The van der Waals surface area contributed by atoms with Crippen LogP contribution >= 0.6 is 11.5 Å². The van der Waals surface area contributed by atoms with Crippen molar-refractivity contribution in [2.24, 2.45) is 0 Å². The van der Waals surface area contributed by atoms with E-state index in [2.05, 4.69) is 15.0 Å². The molecule has 0 unspecified atom stereocenters. The molecule has 1 aromatic rings. The number of hydrogen-bond acceptors (Lipinski definition) is 5. The summed E-state index contributed by atoms with van der Waals surface area (Å²) in [5.41, 5.74) is 5.91. The molecule has 1 amide bonds. The predicted molar refractivity (Wildman–Crippen MR) is 77.5 cm³/mol. The number of unbranched alkanes of at least 4 members (excludes halogenated alkanes) is 1. The van der Waals surface area contributed by atoms with Crippen LogP contribution in [-0.2, 0) is 0 Å². The molecule has 0 aromatic carbocycles. The number of rotatable bonds is 7. The van der Waals surface area contributed by atoms with Crippen LogP contribution in [-0.4, -0.2) is 29.0 Å². The van der Waals surface area contributed by atoms with E-state index in [-0.39, 0.29) is 29.8 Å². The zero-order valence-corrected chi connectivity index (χ0v) is 12.7. The lowest BCUT2D eigenvalue weighted by Gasteiger charge is -2.10. The Balaban J connectivity index is 2.51. The van der Waals surface area contributed by atoms with E-state index in [1.807, 2.05) is 13.8 Å². The average molecular weight is 324 g/mol. The maximum absolute atomic E-state index is 12.0. The number of nitrogens with one attached hydrogen (secondary N) is 2. The van der Waals surface area contributed by atoms with E-state index in [0.29, 0.717) is 18.0 Å². The quantitative estimate of drug-likeness (QED) is 0.674. The third kappa shape index (κ3) is 6.19. The number of nitrogens with zero attached hydrogens (tertiary/aromatic N) is 1. The van der Waals surface area contributed by atoms with Gasteiger partial charge in [0.25, 0.3) is 5.91 Å². The van der Waals surface area contributed by atoms with Crippen molar-refractivity contribution in [1.29, 1.82) is 0 Å². The van der Waals surface area contributed by atoms with Gasteiger partial charge in [0.1, 0.15) is 10.6 Å². The molecular weight excluding hydrogens is 305 g/mol. The first-order chi connectivity index (χ1) is 9.70. The summed E-state index contributed by atoms with van der Waals surface area (Å²) in [6.07, 6.45) is -4.54. The summed E-state index contributed by atoms with van der Waals surface area (Å²) in [5.74, 6) is -0.218. The van der Waals surface area contributed by atoms with Gasteiger partial charge in [-0.15, -0.1) is 0 Å². The molecule has 21 heavy (non-hydrogen) atoms. The number of amides is 1. The maximum Gasteiger partial charge on any atom is 0.389 e. The van der Waals surface area contributed by atoms with E-state index in [4.69, 9.17) is 5.73 Å². The van der Waals surface area contributed by atoms with Crippen molar-refractivity contribution in [3.63, 3.8) is 0 Å². The van der Waals surface area contributed by atoms with Crippen LogP contribution in [0, 0.1) is 0 Å². The minimum absolute atomic E-state index is 0.0400. The van der Waals surface area contributed by atoms with Crippen LogP contribution in [0.5, 0.6) is 0 Å². The van der Waals surface area contributed by atoms with Crippen LogP contribution in [0.2, 0.25) is 0 Å². The Morgan fingerprint density at radius 3 is 2.62 bits per heavy atom. The number of nitrogens with two attached hydrogens (primary N) is 1. The molecule has 0 aliphatic rings. The highest BCUT2D eigenvalue weighted by atomic mass is 32.1. The number of carbonyl (C=O) groups excluding carboxylic acids is 1. The molecule has 0 spiro atoms. The molecule has 0 fully saturated rings. The van der Waals surface area contributed by atoms with Crippen molar-refractivity contribution in [2.45, 2.75) is 45.3 Å². The van der Waals surface area contributed by atoms with Crippen molar-refractivity contribution >= 4 is 28.3 Å². The van der Waals surface area contributed by atoms with Crippen LogP contribution in [0.4, 0.5) is 24.0 Å². The second-order valence-electron chi connectivity index (χ2n) is 4.90. The summed E-state index contributed by atoms with van der Waals surface area (Å²) in [4.78, 5) is 12.0. The van der Waals surface area contributed by atoms with E-state index in [1.54, 1.807) is 0 Å². The molecule has 120 valence electrons. The van der Waals surface area contributed by atoms with Gasteiger partial charge in [-0.3, -0.25) is 4.79 Å². The number of nitrogen functional groups attached to an aromatic ring is 1. The highest BCUT2D eigenvalue weighted by molar-refractivity contribution is 7.11. The van der Waals surface area contributed by atoms with Gasteiger partial charge < -0.3 is 16.4 Å². The summed E-state index contributed by atoms with van der Waals surface area (Å²) in [5, 5.41) is 6.11. The van der Waals surface area contributed by atoms with Gasteiger partial charge in [0, 0.05) is 19.0 Å². The summed E-state index contributed by atoms with van der Waals surface area (Å²) < 4.78 is 39.9. The number of anilines is 2. The fraction of sp³-hybridized carbons (Fsp3) is 0.667. The molecule has 1 heterocycles. The van der Waals surface area contributed by atoms with Crippen LogP contribution in [0.1, 0.15) is 43.5 Å². The van der Waals surface area contributed by atoms with E-state index >= 15 is 0 Å². The Kier molecular flexibility index (Phi) is 6.25. The van der Waals surface area contributed by atoms with Gasteiger partial charge in [-0.05, 0) is 38.2 Å². The van der Waals surface area contributed by atoms with Gasteiger partial charge in [0.2, 0.25) is 0 Å². The minimum Gasteiger partial charge on any atom is -0.382 e. The topological polar surface area (TPSA) is 80.0 Å². The smallest absolute Gasteiger partial charge is 0.382 e. The van der Waals surface area contributed by atoms with Crippen molar-refractivity contribution in [2.75, 3.05) is 17.6 Å². The Bertz CT molecular complexity index is 474. The van der Waals surface area contributed by atoms with E-state index in [0.717, 1.165) is 11.5 Å². The summed E-state index contributed by atoms with van der Waals surface area (Å²) in [6.45, 7) is 3.97. The SMILES string of the molecule is CC(C)NC(=O)c1c(N)nsc1NCCCCC(F)(F)F. The van der Waals surface area contributed by atoms with Gasteiger partial charge >= 0.3 is 6.18 Å². The fourth-order valence-electron chi connectivity index (χ4n) is 1.63. The standard InChI is InChI=1S/C12H19F3N4OS/c1-7(2)18-10(20)8-9(16)19-21-11(8)17-6-4-3-5-12(13,14)15/h7,17H,3-6H2,1-2H3,(H2,16,19)(H,18,20). The molecule has 0 aliphatic heterocycles. The number of hydrogen-bond donors (Lipinski definition) is 3. The molecular formula is C12H19F3N4OS. The summed E-state index contributed by atoms with van der Waals surface area (Å²) in [6, 6.07) is -0.0450. The first-order valence-corrected chi connectivity index (χ1v) is 7.34. The maximum atomic E-state index is 12.0. The third-order valence-corrected chi connectivity index (χ3v) is 3.36. The van der Waals surface area contributed by atoms with Crippen LogP contribution in [0.3, 0.4) is 0 Å². The zero-order valence-electron chi connectivity index (χ0n) is 11.9. The summed E-state index contributed by atoms with van der Waals surface area (Å²) >= 11 is 1.03. The van der Waals surface area contributed by atoms with Crippen molar-refractivity contribution in [1.82, 2.24) is 9.69 Å². The van der Waals surface area contributed by atoms with Crippen molar-refractivity contribution in [3.8, 4) is 0 Å². The normalized spacial score (nSPS) is 11.7. The molecule has 9 heteroatoms. The second-order valence-corrected chi connectivity index (χ2v) is 5.67. The van der Waals surface area contributed by atoms with Crippen LogP contribution in [0.15, 0.2) is 0 Å². The van der Waals surface area contributed by atoms with Crippen molar-refractivity contribution in [3.05, 3.63) is 5.56 Å². The Labute approximate surface area is 125 Å². The molecule has 4 N–H and O–H groups in total. The minimum atomic E-state index is -4.13. The van der Waals surface area contributed by atoms with Gasteiger partial charge in [0.05, 0.1) is 0 Å². The number of aromatic nitrogens is 1. The summed E-state index contributed by atoms with van der Waals surface area (Å²) in [7, 11) is 0. The monoisotopic (exact) mass is 324 g/mol. The molecule has 5 nitrogen and oxygen atoms in total. The second kappa shape index (κ2) is 7.48. The predicted octanol–water partition coefficient (Wildman–Crippen LogP) is 3.01. The van der Waals surface area contributed by atoms with Crippen LogP contribution in [0.25, 0.3) is 0 Å². The third-order valence-electron chi connectivity index (χ3n) is 2.54. The van der Waals surface area contributed by atoms with Crippen molar-refractivity contribution < 1.29 is 18.0 Å². The van der Waals surface area contributed by atoms with Gasteiger partial charge in [0.15, 0.2) is 5.82 Å². The Hall–Kier alpha value is -1.51. The largest absolute Gasteiger partial charge is 0.389 e. The molecule has 1 rings (SSSR count). The lowest BCUT2D eigenvalue weighted by molar-refractivity contribution is -0.135.